The smallest absolute Gasteiger partial charge is 0.0787 e. The van der Waals surface area contributed by atoms with E-state index in [9.17, 15) is 5.11 Å². The summed E-state index contributed by atoms with van der Waals surface area (Å²) in [6.07, 6.45) is 7.02. The van der Waals surface area contributed by atoms with Crippen LogP contribution in [-0.4, -0.2) is 17.7 Å². The number of hydrogen-bond acceptors (Lipinski definition) is 2. The van der Waals surface area contributed by atoms with Crippen molar-refractivity contribution in [3.05, 3.63) is 29.8 Å². The van der Waals surface area contributed by atoms with Crippen LogP contribution in [0.4, 0.5) is 5.69 Å². The Morgan fingerprint density at radius 3 is 2.53 bits per heavy atom. The summed E-state index contributed by atoms with van der Waals surface area (Å²) in [7, 11) is 0. The average molecular weight is 261 g/mol. The highest BCUT2D eigenvalue weighted by molar-refractivity contribution is 5.49. The zero-order valence-electron chi connectivity index (χ0n) is 12.3. The highest BCUT2D eigenvalue weighted by atomic mass is 16.3. The third-order valence-electron chi connectivity index (χ3n) is 4.34. The van der Waals surface area contributed by atoms with Crippen molar-refractivity contribution >= 4 is 5.69 Å². The molecule has 1 unspecified atom stereocenters. The van der Waals surface area contributed by atoms with E-state index < -0.39 is 0 Å². The van der Waals surface area contributed by atoms with Gasteiger partial charge in [0.25, 0.3) is 0 Å². The molecule has 0 radical (unpaired) electrons. The summed E-state index contributed by atoms with van der Waals surface area (Å²) in [5.41, 5.74) is 2.36. The largest absolute Gasteiger partial charge is 0.388 e. The molecule has 19 heavy (non-hydrogen) atoms. The minimum atomic E-state index is -0.319. The van der Waals surface area contributed by atoms with Crippen molar-refractivity contribution in [3.63, 3.8) is 0 Å². The fourth-order valence-corrected chi connectivity index (χ4v) is 3.07. The summed E-state index contributed by atoms with van der Waals surface area (Å²) in [5.74, 6) is 0. The van der Waals surface area contributed by atoms with E-state index in [1.807, 2.05) is 6.92 Å². The molecule has 1 heterocycles. The molecule has 2 atom stereocenters. The maximum absolute atomic E-state index is 9.86. The Morgan fingerprint density at radius 2 is 1.89 bits per heavy atom. The molecule has 0 aliphatic carbocycles. The van der Waals surface area contributed by atoms with E-state index in [1.54, 1.807) is 0 Å². The number of rotatable bonds is 4. The second kappa shape index (κ2) is 6.95. The molecular weight excluding hydrogens is 234 g/mol. The predicted molar refractivity (Wildman–Crippen MR) is 81.6 cm³/mol. The zero-order chi connectivity index (χ0) is 13.7. The minimum Gasteiger partial charge on any atom is -0.388 e. The van der Waals surface area contributed by atoms with Crippen molar-refractivity contribution in [2.24, 2.45) is 0 Å². The van der Waals surface area contributed by atoms with Crippen LogP contribution in [-0.2, 0) is 0 Å². The van der Waals surface area contributed by atoms with E-state index in [-0.39, 0.29) is 6.10 Å². The van der Waals surface area contributed by atoms with E-state index in [0.717, 1.165) is 12.0 Å². The fourth-order valence-electron chi connectivity index (χ4n) is 3.07. The van der Waals surface area contributed by atoms with Crippen LogP contribution in [0, 0.1) is 0 Å². The van der Waals surface area contributed by atoms with E-state index in [2.05, 4.69) is 36.1 Å². The average Bonchev–Trinajstić information content (AvgIpc) is 2.71. The lowest BCUT2D eigenvalue weighted by Gasteiger charge is -2.31. The molecule has 2 heteroatoms. The Morgan fingerprint density at radius 1 is 1.16 bits per heavy atom. The van der Waals surface area contributed by atoms with Gasteiger partial charge in [0.1, 0.15) is 0 Å². The molecule has 0 bridgehead atoms. The van der Waals surface area contributed by atoms with Gasteiger partial charge in [-0.05, 0) is 43.4 Å². The minimum absolute atomic E-state index is 0.319. The van der Waals surface area contributed by atoms with Crippen LogP contribution in [0.25, 0.3) is 0 Å². The van der Waals surface area contributed by atoms with Gasteiger partial charge in [0, 0.05) is 18.3 Å². The molecule has 0 amide bonds. The molecule has 106 valence electrons. The van der Waals surface area contributed by atoms with Crippen molar-refractivity contribution in [2.75, 3.05) is 11.4 Å². The van der Waals surface area contributed by atoms with Crippen LogP contribution >= 0.6 is 0 Å². The van der Waals surface area contributed by atoms with E-state index in [1.165, 1.54) is 44.3 Å². The SMILES string of the molecule is CCC1CCCCCN1c1ccc([C@@H](O)CC)cc1. The molecule has 1 saturated heterocycles. The van der Waals surface area contributed by atoms with Crippen molar-refractivity contribution in [2.45, 2.75) is 64.5 Å². The molecule has 0 aromatic heterocycles. The van der Waals surface area contributed by atoms with E-state index in [4.69, 9.17) is 0 Å². The molecular formula is C17H27NO. The van der Waals surface area contributed by atoms with E-state index >= 15 is 0 Å². The Kier molecular flexibility index (Phi) is 5.26. The lowest BCUT2D eigenvalue weighted by molar-refractivity contribution is 0.173. The maximum Gasteiger partial charge on any atom is 0.0787 e. The van der Waals surface area contributed by atoms with Gasteiger partial charge in [0.15, 0.2) is 0 Å². The van der Waals surface area contributed by atoms with Gasteiger partial charge >= 0.3 is 0 Å². The van der Waals surface area contributed by atoms with Crippen LogP contribution in [0.1, 0.15) is 64.0 Å². The number of anilines is 1. The molecule has 2 rings (SSSR count). The van der Waals surface area contributed by atoms with Crippen molar-refractivity contribution in [1.29, 1.82) is 0 Å². The summed E-state index contributed by atoms with van der Waals surface area (Å²) < 4.78 is 0. The molecule has 1 N–H and O–H groups in total. The lowest BCUT2D eigenvalue weighted by atomic mass is 10.0. The first-order valence-electron chi connectivity index (χ1n) is 7.81. The van der Waals surface area contributed by atoms with Crippen LogP contribution < -0.4 is 4.90 Å². The summed E-state index contributed by atoms with van der Waals surface area (Å²) in [4.78, 5) is 2.56. The maximum atomic E-state index is 9.86. The monoisotopic (exact) mass is 261 g/mol. The molecule has 1 aromatic rings. The standard InChI is InChI=1S/C17H27NO/c1-3-15-8-6-5-7-13-18(15)16-11-9-14(10-12-16)17(19)4-2/h9-12,15,17,19H,3-8,13H2,1-2H3/t15?,17-/m0/s1. The summed E-state index contributed by atoms with van der Waals surface area (Å²) >= 11 is 0. The Labute approximate surface area is 117 Å². The molecule has 2 nitrogen and oxygen atoms in total. The Hall–Kier alpha value is -1.02. The fraction of sp³-hybridized carbons (Fsp3) is 0.647. The molecule has 0 saturated carbocycles. The normalized spacial score (nSPS) is 22.1. The van der Waals surface area contributed by atoms with Gasteiger partial charge in [0.2, 0.25) is 0 Å². The first kappa shape index (κ1) is 14.4. The zero-order valence-corrected chi connectivity index (χ0v) is 12.3. The number of aliphatic hydroxyl groups excluding tert-OH is 1. The second-order valence-electron chi connectivity index (χ2n) is 5.62. The predicted octanol–water partition coefficient (Wildman–Crippen LogP) is 4.29. The Balaban J connectivity index is 2.14. The summed E-state index contributed by atoms with van der Waals surface area (Å²) in [6, 6.07) is 9.22. The van der Waals surface area contributed by atoms with Gasteiger partial charge in [-0.15, -0.1) is 0 Å². The molecule has 0 spiro atoms. The first-order chi connectivity index (χ1) is 9.26. The highest BCUT2D eigenvalue weighted by Crippen LogP contribution is 2.27. The number of nitrogens with zero attached hydrogens (tertiary/aromatic N) is 1. The van der Waals surface area contributed by atoms with Gasteiger partial charge in [-0.1, -0.05) is 38.8 Å². The van der Waals surface area contributed by atoms with Crippen molar-refractivity contribution in [3.8, 4) is 0 Å². The quantitative estimate of drug-likeness (QED) is 0.874. The highest BCUT2D eigenvalue weighted by Gasteiger charge is 2.19. The van der Waals surface area contributed by atoms with Crippen LogP contribution in [0.2, 0.25) is 0 Å². The summed E-state index contributed by atoms with van der Waals surface area (Å²) in [6.45, 7) is 5.48. The molecule has 1 fully saturated rings. The van der Waals surface area contributed by atoms with Gasteiger partial charge in [-0.2, -0.15) is 0 Å². The molecule has 1 aromatic carbocycles. The van der Waals surface area contributed by atoms with Crippen LogP contribution in [0.15, 0.2) is 24.3 Å². The lowest BCUT2D eigenvalue weighted by Crippen LogP contribution is -2.34. The van der Waals surface area contributed by atoms with Gasteiger partial charge in [-0.25, -0.2) is 0 Å². The van der Waals surface area contributed by atoms with Crippen LogP contribution in [0.5, 0.6) is 0 Å². The first-order valence-corrected chi connectivity index (χ1v) is 7.81. The van der Waals surface area contributed by atoms with Gasteiger partial charge < -0.3 is 10.0 Å². The van der Waals surface area contributed by atoms with Crippen molar-refractivity contribution < 1.29 is 5.11 Å². The number of aliphatic hydroxyl groups is 1. The topological polar surface area (TPSA) is 23.5 Å². The molecule has 1 aliphatic rings. The summed E-state index contributed by atoms with van der Waals surface area (Å²) in [5, 5.41) is 9.86. The molecule has 1 aliphatic heterocycles. The second-order valence-corrected chi connectivity index (χ2v) is 5.62. The van der Waals surface area contributed by atoms with Gasteiger partial charge in [0.05, 0.1) is 6.10 Å². The van der Waals surface area contributed by atoms with Crippen molar-refractivity contribution in [1.82, 2.24) is 0 Å². The number of hydrogen-bond donors (Lipinski definition) is 1. The number of benzene rings is 1. The third kappa shape index (κ3) is 3.50. The van der Waals surface area contributed by atoms with Gasteiger partial charge in [-0.3, -0.25) is 0 Å². The Bertz CT molecular complexity index is 373. The van der Waals surface area contributed by atoms with E-state index in [0.29, 0.717) is 6.04 Å². The van der Waals surface area contributed by atoms with Crippen LogP contribution in [0.3, 0.4) is 0 Å². The third-order valence-corrected chi connectivity index (χ3v) is 4.34.